The Labute approximate surface area is 87.5 Å². The lowest BCUT2D eigenvalue weighted by molar-refractivity contribution is -0.116. The molecule has 1 amide bonds. The summed E-state index contributed by atoms with van der Waals surface area (Å²) in [5.74, 6) is 0.290. The van der Waals surface area contributed by atoms with Crippen LogP contribution in [-0.4, -0.2) is 16.9 Å². The average Bonchev–Trinajstić information content (AvgIpc) is 2.01. The van der Waals surface area contributed by atoms with Crippen molar-refractivity contribution >= 4 is 23.3 Å². The highest BCUT2D eigenvalue weighted by Gasteiger charge is 2.05. The van der Waals surface area contributed by atoms with E-state index in [2.05, 4.69) is 10.3 Å². The molecule has 3 N–H and O–H groups in total. The van der Waals surface area contributed by atoms with Gasteiger partial charge in [0.15, 0.2) is 0 Å². The van der Waals surface area contributed by atoms with Gasteiger partial charge in [0.05, 0.1) is 0 Å². The molecule has 14 heavy (non-hydrogen) atoms. The Hall–Kier alpha value is -1.13. The SMILES string of the molecule is CC(N)CC(=O)Nc1cc(Cl)ccn1. The van der Waals surface area contributed by atoms with Gasteiger partial charge in [-0.05, 0) is 19.1 Å². The minimum absolute atomic E-state index is 0.158. The topological polar surface area (TPSA) is 68.0 Å². The second kappa shape index (κ2) is 4.93. The Morgan fingerprint density at radius 3 is 3.07 bits per heavy atom. The second-order valence-corrected chi connectivity index (χ2v) is 3.53. The van der Waals surface area contributed by atoms with Crippen molar-refractivity contribution in [2.75, 3.05) is 5.32 Å². The standard InChI is InChI=1S/C9H12ClN3O/c1-6(11)4-9(14)13-8-5-7(10)2-3-12-8/h2-3,5-6H,4,11H2,1H3,(H,12,13,14). The molecule has 1 aromatic rings. The van der Waals surface area contributed by atoms with Gasteiger partial charge in [0, 0.05) is 23.7 Å². The number of nitrogens with two attached hydrogens (primary N) is 1. The van der Waals surface area contributed by atoms with Crippen LogP contribution in [-0.2, 0) is 4.79 Å². The van der Waals surface area contributed by atoms with Crippen LogP contribution in [0.3, 0.4) is 0 Å². The number of nitrogens with one attached hydrogen (secondary N) is 1. The molecule has 0 aliphatic rings. The lowest BCUT2D eigenvalue weighted by Gasteiger charge is -2.06. The van der Waals surface area contributed by atoms with Gasteiger partial charge in [-0.2, -0.15) is 0 Å². The van der Waals surface area contributed by atoms with Gasteiger partial charge in [0.25, 0.3) is 0 Å². The third-order valence-electron chi connectivity index (χ3n) is 1.50. The van der Waals surface area contributed by atoms with E-state index in [-0.39, 0.29) is 18.4 Å². The van der Waals surface area contributed by atoms with Gasteiger partial charge < -0.3 is 11.1 Å². The molecule has 0 aliphatic heterocycles. The number of hydrogen-bond donors (Lipinski definition) is 2. The van der Waals surface area contributed by atoms with Gasteiger partial charge in [-0.3, -0.25) is 4.79 Å². The van der Waals surface area contributed by atoms with E-state index in [4.69, 9.17) is 17.3 Å². The van der Waals surface area contributed by atoms with Crippen LogP contribution in [0.25, 0.3) is 0 Å². The number of anilines is 1. The second-order valence-electron chi connectivity index (χ2n) is 3.09. The van der Waals surface area contributed by atoms with Crippen molar-refractivity contribution in [2.24, 2.45) is 5.73 Å². The fourth-order valence-corrected chi connectivity index (χ4v) is 1.12. The van der Waals surface area contributed by atoms with E-state index in [0.717, 1.165) is 0 Å². The maximum Gasteiger partial charge on any atom is 0.227 e. The number of aromatic nitrogens is 1. The molecule has 4 nitrogen and oxygen atoms in total. The fourth-order valence-electron chi connectivity index (χ4n) is 0.959. The first-order chi connectivity index (χ1) is 6.58. The maximum absolute atomic E-state index is 11.3. The Morgan fingerprint density at radius 2 is 2.50 bits per heavy atom. The maximum atomic E-state index is 11.3. The third kappa shape index (κ3) is 3.72. The number of carbonyl (C=O) groups excluding carboxylic acids is 1. The van der Waals surface area contributed by atoms with Gasteiger partial charge in [-0.25, -0.2) is 4.98 Å². The molecule has 0 saturated carbocycles. The lowest BCUT2D eigenvalue weighted by Crippen LogP contribution is -2.24. The van der Waals surface area contributed by atoms with Crippen LogP contribution < -0.4 is 11.1 Å². The highest BCUT2D eigenvalue weighted by Crippen LogP contribution is 2.11. The molecule has 0 aliphatic carbocycles. The molecule has 1 unspecified atom stereocenters. The van der Waals surface area contributed by atoms with Gasteiger partial charge in [0.1, 0.15) is 5.82 Å². The molecule has 76 valence electrons. The summed E-state index contributed by atoms with van der Waals surface area (Å²) in [6.07, 6.45) is 1.80. The van der Waals surface area contributed by atoms with E-state index in [9.17, 15) is 4.79 Å². The number of halogens is 1. The summed E-state index contributed by atoms with van der Waals surface area (Å²) < 4.78 is 0. The highest BCUT2D eigenvalue weighted by atomic mass is 35.5. The smallest absolute Gasteiger partial charge is 0.227 e. The van der Waals surface area contributed by atoms with Crippen molar-refractivity contribution in [3.05, 3.63) is 23.4 Å². The number of nitrogens with zero attached hydrogens (tertiary/aromatic N) is 1. The average molecular weight is 214 g/mol. The third-order valence-corrected chi connectivity index (χ3v) is 1.73. The summed E-state index contributed by atoms with van der Waals surface area (Å²) in [5, 5.41) is 3.14. The molecule has 5 heteroatoms. The van der Waals surface area contributed by atoms with Crippen LogP contribution in [0.5, 0.6) is 0 Å². The summed E-state index contributed by atoms with van der Waals surface area (Å²) >= 11 is 5.72. The normalized spacial score (nSPS) is 12.2. The zero-order valence-electron chi connectivity index (χ0n) is 7.83. The van der Waals surface area contributed by atoms with Crippen molar-refractivity contribution in [2.45, 2.75) is 19.4 Å². The molecule has 1 aromatic heterocycles. The zero-order valence-corrected chi connectivity index (χ0v) is 8.58. The number of hydrogen-bond acceptors (Lipinski definition) is 3. The van der Waals surface area contributed by atoms with E-state index in [1.165, 1.54) is 6.20 Å². The van der Waals surface area contributed by atoms with Gasteiger partial charge in [-0.1, -0.05) is 11.6 Å². The van der Waals surface area contributed by atoms with Crippen LogP contribution in [0.15, 0.2) is 18.3 Å². The first kappa shape index (κ1) is 10.9. The summed E-state index contributed by atoms with van der Waals surface area (Å²) in [7, 11) is 0. The monoisotopic (exact) mass is 213 g/mol. The minimum Gasteiger partial charge on any atom is -0.327 e. The van der Waals surface area contributed by atoms with Crippen molar-refractivity contribution < 1.29 is 4.79 Å². The Morgan fingerprint density at radius 1 is 1.79 bits per heavy atom. The Balaban J connectivity index is 2.56. The van der Waals surface area contributed by atoms with E-state index in [1.807, 2.05) is 0 Å². The van der Waals surface area contributed by atoms with Crippen molar-refractivity contribution in [3.8, 4) is 0 Å². The van der Waals surface area contributed by atoms with Gasteiger partial charge in [-0.15, -0.1) is 0 Å². The summed E-state index contributed by atoms with van der Waals surface area (Å²) in [4.78, 5) is 15.2. The number of carbonyl (C=O) groups is 1. The largest absolute Gasteiger partial charge is 0.327 e. The molecule has 1 heterocycles. The van der Waals surface area contributed by atoms with Crippen LogP contribution in [0.2, 0.25) is 5.02 Å². The van der Waals surface area contributed by atoms with Crippen LogP contribution in [0, 0.1) is 0 Å². The predicted octanol–water partition coefficient (Wildman–Crippen LogP) is 1.41. The lowest BCUT2D eigenvalue weighted by atomic mass is 10.2. The summed E-state index contributed by atoms with van der Waals surface area (Å²) in [5.41, 5.74) is 5.47. The van der Waals surface area contributed by atoms with Gasteiger partial charge >= 0.3 is 0 Å². The van der Waals surface area contributed by atoms with Crippen LogP contribution >= 0.6 is 11.6 Å². The van der Waals surface area contributed by atoms with Crippen LogP contribution in [0.1, 0.15) is 13.3 Å². The Bertz CT molecular complexity index is 328. The number of pyridine rings is 1. The summed E-state index contributed by atoms with van der Waals surface area (Å²) in [6, 6.07) is 3.07. The number of rotatable bonds is 3. The van der Waals surface area contributed by atoms with E-state index in [0.29, 0.717) is 10.8 Å². The van der Waals surface area contributed by atoms with E-state index in [1.54, 1.807) is 19.1 Å². The summed E-state index contributed by atoms with van der Waals surface area (Å²) in [6.45, 7) is 1.77. The van der Waals surface area contributed by atoms with Gasteiger partial charge in [0.2, 0.25) is 5.91 Å². The predicted molar refractivity (Wildman–Crippen MR) is 56.1 cm³/mol. The van der Waals surface area contributed by atoms with Crippen molar-refractivity contribution in [3.63, 3.8) is 0 Å². The molecular formula is C9H12ClN3O. The molecule has 0 bridgehead atoms. The molecular weight excluding hydrogens is 202 g/mol. The molecule has 1 rings (SSSR count). The molecule has 0 saturated heterocycles. The van der Waals surface area contributed by atoms with Crippen molar-refractivity contribution in [1.29, 1.82) is 0 Å². The number of amides is 1. The van der Waals surface area contributed by atoms with E-state index >= 15 is 0 Å². The fraction of sp³-hybridized carbons (Fsp3) is 0.333. The zero-order chi connectivity index (χ0) is 10.6. The molecule has 0 aromatic carbocycles. The first-order valence-corrected chi connectivity index (χ1v) is 4.62. The Kier molecular flexibility index (Phi) is 3.85. The minimum atomic E-state index is -0.158. The quantitative estimate of drug-likeness (QED) is 0.798. The van der Waals surface area contributed by atoms with E-state index < -0.39 is 0 Å². The molecule has 0 fully saturated rings. The molecule has 1 atom stereocenters. The molecule has 0 spiro atoms. The molecule has 0 radical (unpaired) electrons. The van der Waals surface area contributed by atoms with Crippen LogP contribution in [0.4, 0.5) is 5.82 Å². The van der Waals surface area contributed by atoms with Crippen molar-refractivity contribution in [1.82, 2.24) is 4.98 Å². The highest BCUT2D eigenvalue weighted by molar-refractivity contribution is 6.30. The first-order valence-electron chi connectivity index (χ1n) is 4.25.